The zero-order chi connectivity index (χ0) is 18.5. The molecule has 0 aliphatic rings. The SMILES string of the molecule is Cc1nc(CN(C)C(=O)Nc2ccccc2Oc2cccc(F)c2)cs1. The van der Waals surface area contributed by atoms with Crippen LogP contribution in [0.5, 0.6) is 11.5 Å². The van der Waals surface area contributed by atoms with Crippen LogP contribution in [0.2, 0.25) is 0 Å². The van der Waals surface area contributed by atoms with Gasteiger partial charge >= 0.3 is 6.03 Å². The van der Waals surface area contributed by atoms with Gasteiger partial charge < -0.3 is 15.0 Å². The average Bonchev–Trinajstić information content (AvgIpc) is 3.01. The van der Waals surface area contributed by atoms with Crippen LogP contribution in [0.4, 0.5) is 14.9 Å². The number of thiazole rings is 1. The summed E-state index contributed by atoms with van der Waals surface area (Å²) in [6.07, 6.45) is 0. The number of carbonyl (C=O) groups excluding carboxylic acids is 1. The number of anilines is 1. The minimum Gasteiger partial charge on any atom is -0.455 e. The molecular formula is C19H18FN3O2S. The van der Waals surface area contributed by atoms with Gasteiger partial charge in [0.25, 0.3) is 0 Å². The lowest BCUT2D eigenvalue weighted by Crippen LogP contribution is -2.31. The van der Waals surface area contributed by atoms with Crippen LogP contribution in [0, 0.1) is 12.7 Å². The summed E-state index contributed by atoms with van der Waals surface area (Å²) in [5, 5.41) is 5.71. The third kappa shape index (κ3) is 4.58. The summed E-state index contributed by atoms with van der Waals surface area (Å²) in [7, 11) is 1.69. The lowest BCUT2D eigenvalue weighted by atomic mass is 10.3. The van der Waals surface area contributed by atoms with Crippen molar-refractivity contribution in [2.45, 2.75) is 13.5 Å². The van der Waals surface area contributed by atoms with Crippen LogP contribution in [-0.2, 0) is 6.54 Å². The van der Waals surface area contributed by atoms with E-state index in [1.54, 1.807) is 54.8 Å². The topological polar surface area (TPSA) is 54.5 Å². The third-order valence-corrected chi connectivity index (χ3v) is 4.39. The molecule has 0 unspecified atom stereocenters. The number of para-hydroxylation sites is 2. The predicted octanol–water partition coefficient (Wildman–Crippen LogP) is 5.05. The highest BCUT2D eigenvalue weighted by Gasteiger charge is 2.14. The van der Waals surface area contributed by atoms with Gasteiger partial charge in [-0.05, 0) is 31.2 Å². The largest absolute Gasteiger partial charge is 0.455 e. The highest BCUT2D eigenvalue weighted by Crippen LogP contribution is 2.29. The number of nitrogens with one attached hydrogen (secondary N) is 1. The Morgan fingerprint density at radius 3 is 2.81 bits per heavy atom. The van der Waals surface area contributed by atoms with Gasteiger partial charge in [0.1, 0.15) is 11.6 Å². The van der Waals surface area contributed by atoms with E-state index in [0.29, 0.717) is 23.7 Å². The third-order valence-electron chi connectivity index (χ3n) is 3.56. The van der Waals surface area contributed by atoms with Crippen molar-refractivity contribution >= 4 is 23.1 Å². The number of amides is 2. The van der Waals surface area contributed by atoms with Crippen LogP contribution in [-0.4, -0.2) is 23.0 Å². The van der Waals surface area contributed by atoms with Gasteiger partial charge in [-0.2, -0.15) is 0 Å². The minimum absolute atomic E-state index is 0.286. The minimum atomic E-state index is -0.387. The van der Waals surface area contributed by atoms with Crippen LogP contribution in [0.15, 0.2) is 53.9 Å². The second-order valence-corrected chi connectivity index (χ2v) is 6.76. The highest BCUT2D eigenvalue weighted by molar-refractivity contribution is 7.09. The average molecular weight is 371 g/mol. The molecule has 5 nitrogen and oxygen atoms in total. The Hall–Kier alpha value is -2.93. The van der Waals surface area contributed by atoms with Crippen LogP contribution in [0.1, 0.15) is 10.7 Å². The molecular weight excluding hydrogens is 353 g/mol. The van der Waals surface area contributed by atoms with Gasteiger partial charge in [-0.3, -0.25) is 0 Å². The molecule has 1 heterocycles. The Bertz CT molecular complexity index is 913. The molecule has 7 heteroatoms. The number of aromatic nitrogens is 1. The maximum Gasteiger partial charge on any atom is 0.322 e. The molecule has 2 amide bonds. The number of hydrogen-bond acceptors (Lipinski definition) is 4. The quantitative estimate of drug-likeness (QED) is 0.683. The molecule has 134 valence electrons. The summed E-state index contributed by atoms with van der Waals surface area (Å²) in [5.41, 5.74) is 1.34. The van der Waals surface area contributed by atoms with E-state index in [0.717, 1.165) is 10.7 Å². The molecule has 1 aromatic heterocycles. The van der Waals surface area contributed by atoms with Gasteiger partial charge in [-0.25, -0.2) is 14.2 Å². The van der Waals surface area contributed by atoms with E-state index in [1.165, 1.54) is 17.0 Å². The standard InChI is InChI=1S/C19H18FN3O2S/c1-13-21-15(12-26-13)11-23(2)19(24)22-17-8-3-4-9-18(17)25-16-7-5-6-14(20)10-16/h3-10,12H,11H2,1-2H3,(H,22,24). The van der Waals surface area contributed by atoms with Gasteiger partial charge in [-0.15, -0.1) is 11.3 Å². The summed E-state index contributed by atoms with van der Waals surface area (Å²) < 4.78 is 19.0. The van der Waals surface area contributed by atoms with Crippen molar-refractivity contribution in [3.8, 4) is 11.5 Å². The van der Waals surface area contributed by atoms with Crippen LogP contribution in [0.3, 0.4) is 0 Å². The number of hydrogen-bond donors (Lipinski definition) is 1. The van der Waals surface area contributed by atoms with E-state index in [-0.39, 0.29) is 11.8 Å². The summed E-state index contributed by atoms with van der Waals surface area (Å²) >= 11 is 1.55. The number of halogens is 1. The maximum absolute atomic E-state index is 13.3. The van der Waals surface area contributed by atoms with Gasteiger partial charge in [0.2, 0.25) is 0 Å². The molecule has 0 saturated carbocycles. The number of carbonyl (C=O) groups is 1. The first-order valence-electron chi connectivity index (χ1n) is 7.97. The summed E-state index contributed by atoms with van der Waals surface area (Å²) in [4.78, 5) is 18.4. The number of aryl methyl sites for hydroxylation is 1. The molecule has 1 N–H and O–H groups in total. The highest BCUT2D eigenvalue weighted by atomic mass is 32.1. The van der Waals surface area contributed by atoms with E-state index in [1.807, 2.05) is 12.3 Å². The van der Waals surface area contributed by atoms with Crippen molar-refractivity contribution in [1.29, 1.82) is 0 Å². The first-order chi connectivity index (χ1) is 12.5. The first kappa shape index (κ1) is 17.9. The molecule has 0 bridgehead atoms. The zero-order valence-electron chi connectivity index (χ0n) is 14.4. The second kappa shape index (κ2) is 7.97. The van der Waals surface area contributed by atoms with Crippen molar-refractivity contribution in [2.24, 2.45) is 0 Å². The summed E-state index contributed by atoms with van der Waals surface area (Å²) in [5.74, 6) is 0.407. The molecule has 0 aliphatic carbocycles. The van der Waals surface area contributed by atoms with Crippen LogP contribution < -0.4 is 10.1 Å². The van der Waals surface area contributed by atoms with Gasteiger partial charge in [0.15, 0.2) is 5.75 Å². The molecule has 0 fully saturated rings. The fourth-order valence-corrected chi connectivity index (χ4v) is 2.93. The predicted molar refractivity (Wildman–Crippen MR) is 100 cm³/mol. The number of urea groups is 1. The first-order valence-corrected chi connectivity index (χ1v) is 8.85. The fraction of sp³-hybridized carbons (Fsp3) is 0.158. The van der Waals surface area contributed by atoms with Gasteiger partial charge in [0.05, 0.1) is 22.9 Å². The van der Waals surface area contributed by atoms with Crippen molar-refractivity contribution in [1.82, 2.24) is 9.88 Å². The maximum atomic E-state index is 13.3. The molecule has 0 atom stereocenters. The number of benzene rings is 2. The van der Waals surface area contributed by atoms with E-state index < -0.39 is 0 Å². The molecule has 0 aliphatic heterocycles. The lowest BCUT2D eigenvalue weighted by molar-refractivity contribution is 0.220. The lowest BCUT2D eigenvalue weighted by Gasteiger charge is -2.18. The molecule has 0 spiro atoms. The summed E-state index contributed by atoms with van der Waals surface area (Å²) in [6, 6.07) is 12.6. The Morgan fingerprint density at radius 2 is 2.08 bits per heavy atom. The molecule has 3 rings (SSSR count). The number of rotatable bonds is 5. The number of ether oxygens (including phenoxy) is 1. The Labute approximate surface area is 155 Å². The van der Waals surface area contributed by atoms with Crippen molar-refractivity contribution in [3.05, 3.63) is 70.4 Å². The fourth-order valence-electron chi connectivity index (χ4n) is 2.32. The van der Waals surface area contributed by atoms with Crippen molar-refractivity contribution in [3.63, 3.8) is 0 Å². The zero-order valence-corrected chi connectivity index (χ0v) is 15.2. The monoisotopic (exact) mass is 371 g/mol. The Morgan fingerprint density at radius 1 is 1.27 bits per heavy atom. The van der Waals surface area contributed by atoms with E-state index in [9.17, 15) is 9.18 Å². The van der Waals surface area contributed by atoms with Crippen molar-refractivity contribution < 1.29 is 13.9 Å². The van der Waals surface area contributed by atoms with Crippen molar-refractivity contribution in [2.75, 3.05) is 12.4 Å². The van der Waals surface area contributed by atoms with E-state index >= 15 is 0 Å². The Kier molecular flexibility index (Phi) is 5.48. The number of nitrogens with zero attached hydrogens (tertiary/aromatic N) is 2. The van der Waals surface area contributed by atoms with Crippen LogP contribution >= 0.6 is 11.3 Å². The van der Waals surface area contributed by atoms with E-state index in [4.69, 9.17) is 4.74 Å². The molecule has 2 aromatic carbocycles. The molecule has 3 aromatic rings. The summed E-state index contributed by atoms with van der Waals surface area (Å²) in [6.45, 7) is 2.33. The van der Waals surface area contributed by atoms with Gasteiger partial charge in [0, 0.05) is 18.5 Å². The second-order valence-electron chi connectivity index (χ2n) is 5.70. The smallest absolute Gasteiger partial charge is 0.322 e. The Balaban J connectivity index is 1.70. The molecule has 0 radical (unpaired) electrons. The van der Waals surface area contributed by atoms with Gasteiger partial charge in [-0.1, -0.05) is 18.2 Å². The molecule has 0 saturated heterocycles. The van der Waals surface area contributed by atoms with Crippen LogP contribution in [0.25, 0.3) is 0 Å². The molecule has 26 heavy (non-hydrogen) atoms. The normalized spacial score (nSPS) is 10.4. The van der Waals surface area contributed by atoms with E-state index in [2.05, 4.69) is 10.3 Å².